The summed E-state index contributed by atoms with van der Waals surface area (Å²) in [6, 6.07) is 10.6. The van der Waals surface area contributed by atoms with Gasteiger partial charge >= 0.3 is 0 Å². The van der Waals surface area contributed by atoms with Crippen molar-refractivity contribution in [1.82, 2.24) is 0 Å². The van der Waals surface area contributed by atoms with E-state index < -0.39 is 0 Å². The van der Waals surface area contributed by atoms with Gasteiger partial charge in [0, 0.05) is 9.26 Å². The SMILES string of the molecule is COc1ccc(OCC(=O)Nc2ccc(I)cc2C)c(C=O)c1. The number of nitrogens with one attached hydrogen (secondary N) is 1. The van der Waals surface area contributed by atoms with Crippen LogP contribution in [0.5, 0.6) is 11.5 Å². The molecular formula is C17H16INO4. The average molecular weight is 425 g/mol. The average Bonchev–Trinajstić information content (AvgIpc) is 2.55. The van der Waals surface area contributed by atoms with Gasteiger partial charge in [-0.1, -0.05) is 0 Å². The van der Waals surface area contributed by atoms with Crippen molar-refractivity contribution in [2.24, 2.45) is 0 Å². The van der Waals surface area contributed by atoms with Gasteiger partial charge in [-0.3, -0.25) is 9.59 Å². The summed E-state index contributed by atoms with van der Waals surface area (Å²) in [6.45, 7) is 1.74. The lowest BCUT2D eigenvalue weighted by atomic mass is 10.2. The maximum Gasteiger partial charge on any atom is 0.262 e. The van der Waals surface area contributed by atoms with E-state index in [-0.39, 0.29) is 12.5 Å². The van der Waals surface area contributed by atoms with Crippen LogP contribution < -0.4 is 14.8 Å². The smallest absolute Gasteiger partial charge is 0.262 e. The predicted molar refractivity (Wildman–Crippen MR) is 96.4 cm³/mol. The molecule has 0 atom stereocenters. The summed E-state index contributed by atoms with van der Waals surface area (Å²) < 4.78 is 11.6. The van der Waals surface area contributed by atoms with Gasteiger partial charge in [-0.05, 0) is 71.5 Å². The van der Waals surface area contributed by atoms with Crippen LogP contribution in [0.3, 0.4) is 0 Å². The number of aryl methyl sites for hydroxylation is 1. The Labute approximate surface area is 148 Å². The monoisotopic (exact) mass is 425 g/mol. The fourth-order valence-electron chi connectivity index (χ4n) is 1.97. The van der Waals surface area contributed by atoms with Crippen LogP contribution in [-0.4, -0.2) is 25.9 Å². The van der Waals surface area contributed by atoms with E-state index in [0.29, 0.717) is 23.3 Å². The van der Waals surface area contributed by atoms with Crippen LogP contribution in [0, 0.1) is 10.5 Å². The summed E-state index contributed by atoms with van der Waals surface area (Å²) >= 11 is 2.21. The molecule has 0 aromatic heterocycles. The first-order valence-electron chi connectivity index (χ1n) is 6.85. The molecule has 2 rings (SSSR count). The molecule has 2 aromatic rings. The normalized spacial score (nSPS) is 10.0. The lowest BCUT2D eigenvalue weighted by molar-refractivity contribution is -0.118. The van der Waals surface area contributed by atoms with E-state index in [4.69, 9.17) is 9.47 Å². The Morgan fingerprint density at radius 2 is 2.04 bits per heavy atom. The summed E-state index contributed by atoms with van der Waals surface area (Å²) in [4.78, 5) is 23.1. The molecule has 0 radical (unpaired) electrons. The second kappa shape index (κ2) is 7.96. The van der Waals surface area contributed by atoms with Crippen LogP contribution in [0.2, 0.25) is 0 Å². The quantitative estimate of drug-likeness (QED) is 0.569. The highest BCUT2D eigenvalue weighted by molar-refractivity contribution is 14.1. The molecule has 0 unspecified atom stereocenters. The molecule has 120 valence electrons. The van der Waals surface area contributed by atoms with Crippen molar-refractivity contribution in [3.63, 3.8) is 0 Å². The van der Waals surface area contributed by atoms with Crippen molar-refractivity contribution in [2.45, 2.75) is 6.92 Å². The molecule has 0 heterocycles. The van der Waals surface area contributed by atoms with E-state index in [1.807, 2.05) is 25.1 Å². The predicted octanol–water partition coefficient (Wildman–Crippen LogP) is 3.44. The topological polar surface area (TPSA) is 64.6 Å². The molecule has 0 aliphatic carbocycles. The van der Waals surface area contributed by atoms with Crippen molar-refractivity contribution in [3.05, 3.63) is 51.1 Å². The Bertz CT molecular complexity index is 731. The maximum atomic E-state index is 12.0. The first kappa shape index (κ1) is 17.3. The summed E-state index contributed by atoms with van der Waals surface area (Å²) in [5, 5.41) is 2.79. The lowest BCUT2D eigenvalue weighted by Gasteiger charge is -2.11. The number of hydrogen-bond donors (Lipinski definition) is 1. The van der Waals surface area contributed by atoms with Gasteiger partial charge in [0.15, 0.2) is 12.9 Å². The van der Waals surface area contributed by atoms with E-state index in [2.05, 4.69) is 27.9 Å². The number of anilines is 1. The zero-order valence-corrected chi connectivity index (χ0v) is 14.9. The van der Waals surface area contributed by atoms with Gasteiger partial charge in [-0.25, -0.2) is 0 Å². The van der Waals surface area contributed by atoms with E-state index in [1.165, 1.54) is 7.11 Å². The van der Waals surface area contributed by atoms with Crippen LogP contribution in [0.25, 0.3) is 0 Å². The Morgan fingerprint density at radius 1 is 1.26 bits per heavy atom. The number of benzene rings is 2. The van der Waals surface area contributed by atoms with Crippen LogP contribution in [0.1, 0.15) is 15.9 Å². The Hall–Kier alpha value is -2.09. The van der Waals surface area contributed by atoms with E-state index >= 15 is 0 Å². The molecule has 0 aliphatic heterocycles. The molecule has 1 amide bonds. The van der Waals surface area contributed by atoms with Gasteiger partial charge in [-0.15, -0.1) is 0 Å². The molecule has 0 fully saturated rings. The van der Waals surface area contributed by atoms with E-state index in [9.17, 15) is 9.59 Å². The van der Waals surface area contributed by atoms with Crippen LogP contribution in [-0.2, 0) is 4.79 Å². The van der Waals surface area contributed by atoms with Crippen molar-refractivity contribution >= 4 is 40.5 Å². The molecule has 0 saturated carbocycles. The Morgan fingerprint density at radius 3 is 2.70 bits per heavy atom. The molecule has 1 N–H and O–H groups in total. The van der Waals surface area contributed by atoms with Gasteiger partial charge in [0.25, 0.3) is 5.91 Å². The third-order valence-corrected chi connectivity index (χ3v) is 3.84. The first-order valence-corrected chi connectivity index (χ1v) is 7.93. The Kier molecular flexibility index (Phi) is 5.97. The van der Waals surface area contributed by atoms with Crippen molar-refractivity contribution < 1.29 is 19.1 Å². The minimum absolute atomic E-state index is 0.182. The van der Waals surface area contributed by atoms with Crippen LogP contribution in [0.15, 0.2) is 36.4 Å². The standard InChI is InChI=1S/C17H16INO4/c1-11-7-13(18)3-5-15(11)19-17(21)10-23-16-6-4-14(22-2)8-12(16)9-20/h3-9H,10H2,1-2H3,(H,19,21). The van der Waals surface area contributed by atoms with Gasteiger partial charge in [0.2, 0.25) is 0 Å². The number of rotatable bonds is 6. The van der Waals surface area contributed by atoms with Crippen molar-refractivity contribution in [2.75, 3.05) is 19.0 Å². The van der Waals surface area contributed by atoms with Crippen LogP contribution >= 0.6 is 22.6 Å². The minimum atomic E-state index is -0.290. The van der Waals surface area contributed by atoms with Crippen molar-refractivity contribution in [1.29, 1.82) is 0 Å². The molecular weight excluding hydrogens is 409 g/mol. The summed E-state index contributed by atoms with van der Waals surface area (Å²) in [7, 11) is 1.52. The zero-order valence-electron chi connectivity index (χ0n) is 12.8. The number of amides is 1. The van der Waals surface area contributed by atoms with Crippen LogP contribution in [0.4, 0.5) is 5.69 Å². The third kappa shape index (κ3) is 4.69. The highest BCUT2D eigenvalue weighted by atomic mass is 127. The number of hydrogen-bond acceptors (Lipinski definition) is 4. The summed E-state index contributed by atoms with van der Waals surface area (Å²) in [5.41, 5.74) is 2.05. The maximum absolute atomic E-state index is 12.0. The second-order valence-corrected chi connectivity index (χ2v) is 6.06. The number of carbonyl (C=O) groups excluding carboxylic acids is 2. The van der Waals surface area contributed by atoms with Crippen molar-refractivity contribution in [3.8, 4) is 11.5 Å². The summed E-state index contributed by atoms with van der Waals surface area (Å²) in [6.07, 6.45) is 0.666. The first-order chi connectivity index (χ1) is 11.0. The second-order valence-electron chi connectivity index (χ2n) is 4.82. The third-order valence-electron chi connectivity index (χ3n) is 3.17. The number of aldehydes is 1. The van der Waals surface area contributed by atoms with E-state index in [1.54, 1.807) is 18.2 Å². The summed E-state index contributed by atoms with van der Waals surface area (Å²) in [5.74, 6) is 0.607. The lowest BCUT2D eigenvalue weighted by Crippen LogP contribution is -2.21. The molecule has 2 aromatic carbocycles. The van der Waals surface area contributed by atoms with Gasteiger partial charge in [0.1, 0.15) is 11.5 Å². The molecule has 0 spiro atoms. The highest BCUT2D eigenvalue weighted by Crippen LogP contribution is 2.23. The molecule has 0 bridgehead atoms. The minimum Gasteiger partial charge on any atom is -0.497 e. The van der Waals surface area contributed by atoms with Gasteiger partial charge in [-0.2, -0.15) is 0 Å². The molecule has 23 heavy (non-hydrogen) atoms. The molecule has 0 saturated heterocycles. The molecule has 5 nitrogen and oxygen atoms in total. The Balaban J connectivity index is 2.00. The number of carbonyl (C=O) groups is 2. The zero-order chi connectivity index (χ0) is 16.8. The number of methoxy groups -OCH3 is 1. The fraction of sp³-hybridized carbons (Fsp3) is 0.176. The highest BCUT2D eigenvalue weighted by Gasteiger charge is 2.09. The number of halogens is 1. The van der Waals surface area contributed by atoms with Gasteiger partial charge in [0.05, 0.1) is 12.7 Å². The fourth-order valence-corrected chi connectivity index (χ4v) is 2.62. The number of ether oxygens (including phenoxy) is 2. The van der Waals surface area contributed by atoms with E-state index in [0.717, 1.165) is 14.8 Å². The van der Waals surface area contributed by atoms with Gasteiger partial charge < -0.3 is 14.8 Å². The largest absolute Gasteiger partial charge is 0.497 e. The molecule has 0 aliphatic rings. The molecule has 6 heteroatoms.